The van der Waals surface area contributed by atoms with Crippen LogP contribution in [0, 0.1) is 11.8 Å². The smallest absolute Gasteiger partial charge is 0.0937 e. The predicted molar refractivity (Wildman–Crippen MR) is 67.3 cm³/mol. The highest BCUT2D eigenvalue weighted by atomic mass is 27.2. The molecule has 0 nitrogen and oxygen atoms in total. The minimum absolute atomic E-state index is 0.355. The highest BCUT2D eigenvalue weighted by molar-refractivity contribution is 6.60. The molecule has 1 aliphatic heterocycles. The molecular weight excluding hydrogens is 183 g/mol. The van der Waals surface area contributed by atoms with Crippen molar-refractivity contribution >= 4 is 14.1 Å². The van der Waals surface area contributed by atoms with Crippen LogP contribution in [0.2, 0.25) is 15.3 Å². The summed E-state index contributed by atoms with van der Waals surface area (Å²) in [5.74, 6) is 1.89. The molecule has 1 saturated heterocycles. The molecule has 0 saturated carbocycles. The van der Waals surface area contributed by atoms with Gasteiger partial charge in [0, 0.05) is 0 Å². The lowest BCUT2D eigenvalue weighted by molar-refractivity contribution is 0.494. The molecule has 0 radical (unpaired) electrons. The van der Waals surface area contributed by atoms with Gasteiger partial charge in [-0.2, -0.15) is 0 Å². The monoisotopic (exact) mass is 210 g/mol. The topological polar surface area (TPSA) is 0 Å². The quantitative estimate of drug-likeness (QED) is 0.588. The Morgan fingerprint density at radius 2 is 1.79 bits per heavy atom. The van der Waals surface area contributed by atoms with Crippen LogP contribution in [0.1, 0.15) is 53.4 Å². The maximum absolute atomic E-state index is 2.41. The molecule has 0 aromatic rings. The zero-order valence-corrected chi connectivity index (χ0v) is 11.7. The van der Waals surface area contributed by atoms with E-state index in [4.69, 9.17) is 0 Å². The van der Waals surface area contributed by atoms with Gasteiger partial charge in [0.25, 0.3) is 14.1 Å². The molecule has 1 atom stereocenters. The van der Waals surface area contributed by atoms with Gasteiger partial charge in [-0.3, -0.25) is 0 Å². The largest absolute Gasteiger partial charge is 0.265 e. The molecule has 0 aromatic heterocycles. The van der Waals surface area contributed by atoms with E-state index in [0.29, 0.717) is 0 Å². The summed E-state index contributed by atoms with van der Waals surface area (Å²) in [6.45, 7) is 9.62. The highest BCUT2D eigenvalue weighted by Gasteiger charge is 2.31. The molecule has 0 aromatic carbocycles. The third kappa shape index (κ3) is 4.37. The Kier molecular flexibility index (Phi) is 5.57. The molecule has 1 heteroatoms. The molecule has 1 fully saturated rings. The minimum Gasteiger partial charge on any atom is -0.0937 e. The molecule has 0 bridgehead atoms. The zero-order valence-electron chi connectivity index (χ0n) is 10.6. The van der Waals surface area contributed by atoms with Crippen LogP contribution < -0.4 is 0 Å². The lowest BCUT2D eigenvalue weighted by Gasteiger charge is -2.30. The van der Waals surface area contributed by atoms with E-state index in [1.54, 1.807) is 23.4 Å². The molecule has 1 aliphatic rings. The van der Waals surface area contributed by atoms with E-state index >= 15 is 0 Å². The molecule has 0 amide bonds. The zero-order chi connectivity index (χ0) is 10.6. The van der Waals surface area contributed by atoms with Crippen molar-refractivity contribution < 1.29 is 0 Å². The fraction of sp³-hybridized carbons (Fsp3) is 1.00. The first kappa shape index (κ1) is 12.6. The first-order chi connectivity index (χ1) is 6.59. The molecule has 1 unspecified atom stereocenters. The third-order valence-corrected chi connectivity index (χ3v) is 8.25. The summed E-state index contributed by atoms with van der Waals surface area (Å²) in [5.41, 5.74) is 0. The van der Waals surface area contributed by atoms with E-state index in [-0.39, 0.29) is 14.1 Å². The van der Waals surface area contributed by atoms with Gasteiger partial charge < -0.3 is 0 Å². The van der Waals surface area contributed by atoms with Crippen LogP contribution in [0.25, 0.3) is 0 Å². The van der Waals surface area contributed by atoms with Gasteiger partial charge in [0.15, 0.2) is 0 Å². The Labute approximate surface area is 94.9 Å². The van der Waals surface area contributed by atoms with Crippen LogP contribution in [0.4, 0.5) is 0 Å². The first-order valence-corrected chi connectivity index (χ1v) is 8.89. The number of rotatable bonds is 4. The van der Waals surface area contributed by atoms with Crippen LogP contribution in [0.3, 0.4) is 0 Å². The average molecular weight is 210 g/mol. The Bertz CT molecular complexity index is 133. The first-order valence-electron chi connectivity index (χ1n) is 6.59. The van der Waals surface area contributed by atoms with E-state index in [2.05, 4.69) is 27.7 Å². The van der Waals surface area contributed by atoms with Crippen molar-refractivity contribution in [3.63, 3.8) is 0 Å². The van der Waals surface area contributed by atoms with Crippen LogP contribution in [0.5, 0.6) is 0 Å². The van der Waals surface area contributed by atoms with Crippen molar-refractivity contribution in [1.82, 2.24) is 0 Å². The Hall–Kier alpha value is 0.532. The molecule has 0 aliphatic carbocycles. The van der Waals surface area contributed by atoms with E-state index in [0.717, 1.165) is 11.8 Å². The summed E-state index contributed by atoms with van der Waals surface area (Å²) in [4.78, 5) is 0. The molecule has 0 spiro atoms. The Morgan fingerprint density at radius 1 is 1.07 bits per heavy atom. The molecule has 14 heavy (non-hydrogen) atoms. The normalized spacial score (nSPS) is 23.6. The minimum atomic E-state index is -0.355. The fourth-order valence-corrected chi connectivity index (χ4v) is 7.87. The van der Waals surface area contributed by atoms with Crippen molar-refractivity contribution in [2.75, 3.05) is 0 Å². The summed E-state index contributed by atoms with van der Waals surface area (Å²) in [6, 6.07) is 0. The van der Waals surface area contributed by atoms with E-state index in [1.807, 2.05) is 0 Å². The van der Waals surface area contributed by atoms with E-state index in [1.165, 1.54) is 17.6 Å². The van der Waals surface area contributed by atoms with Crippen LogP contribution in [-0.2, 0) is 0 Å². The van der Waals surface area contributed by atoms with Crippen LogP contribution >= 0.6 is 0 Å². The van der Waals surface area contributed by atoms with Crippen molar-refractivity contribution in [3.8, 4) is 0 Å². The van der Waals surface area contributed by atoms with Crippen molar-refractivity contribution in [3.05, 3.63) is 0 Å². The fourth-order valence-electron chi connectivity index (χ4n) is 3.12. The maximum Gasteiger partial charge on any atom is 0.265 e. The van der Waals surface area contributed by atoms with Gasteiger partial charge >= 0.3 is 0 Å². The lowest BCUT2D eigenvalue weighted by atomic mass is 10.0. The van der Waals surface area contributed by atoms with Gasteiger partial charge in [-0.05, 0) is 5.92 Å². The van der Waals surface area contributed by atoms with Gasteiger partial charge in [-0.1, -0.05) is 74.6 Å². The third-order valence-electron chi connectivity index (χ3n) is 3.61. The standard InChI is InChI=1S/C9H18.C4H9.Al/c1-4-5-6-7-8-9(2)3;1-4(2)3;/h7,9H,1,4-6,8H2,2-3H3;4H,1H2,2-3H3;. The number of hydrogen-bond donors (Lipinski definition) is 0. The highest BCUT2D eigenvalue weighted by Crippen LogP contribution is 2.37. The van der Waals surface area contributed by atoms with Crippen LogP contribution in [-0.4, -0.2) is 14.1 Å². The second kappa shape index (κ2) is 6.19. The average Bonchev–Trinajstić information content (AvgIpc) is 2.06. The molecule has 0 N–H and O–H groups in total. The summed E-state index contributed by atoms with van der Waals surface area (Å²) in [7, 11) is 0. The summed E-state index contributed by atoms with van der Waals surface area (Å²) in [6.07, 6.45) is 6.18. The van der Waals surface area contributed by atoms with Gasteiger partial charge in [0.1, 0.15) is 0 Å². The van der Waals surface area contributed by atoms with Gasteiger partial charge in [0.05, 0.1) is 0 Å². The second-order valence-electron chi connectivity index (χ2n) is 6.06. The van der Waals surface area contributed by atoms with E-state index < -0.39 is 0 Å². The lowest BCUT2D eigenvalue weighted by Crippen LogP contribution is -2.27. The van der Waals surface area contributed by atoms with Gasteiger partial charge in [-0.15, -0.1) is 0 Å². The molecule has 82 valence electrons. The van der Waals surface area contributed by atoms with Crippen molar-refractivity contribution in [2.45, 2.75) is 68.7 Å². The van der Waals surface area contributed by atoms with Gasteiger partial charge in [-0.25, -0.2) is 0 Å². The molecular formula is C13H27Al. The molecule has 1 heterocycles. The SMILES string of the molecule is CC(C)C[CH]1CCC[CH2][Al]1[CH2]C(C)C. The second-order valence-corrected chi connectivity index (χ2v) is 9.58. The van der Waals surface area contributed by atoms with E-state index in [9.17, 15) is 0 Å². The summed E-state index contributed by atoms with van der Waals surface area (Å²) >= 11 is -0.355. The Morgan fingerprint density at radius 3 is 2.36 bits per heavy atom. The summed E-state index contributed by atoms with van der Waals surface area (Å²) < 4.78 is 1.19. The molecule has 1 rings (SSSR count). The maximum atomic E-state index is 2.41. The van der Waals surface area contributed by atoms with Crippen molar-refractivity contribution in [1.29, 1.82) is 0 Å². The van der Waals surface area contributed by atoms with Crippen molar-refractivity contribution in [2.24, 2.45) is 11.8 Å². The van der Waals surface area contributed by atoms with Gasteiger partial charge in [0.2, 0.25) is 0 Å². The summed E-state index contributed by atoms with van der Waals surface area (Å²) in [5, 5.41) is 3.26. The predicted octanol–water partition coefficient (Wildman–Crippen LogP) is 4.74. The van der Waals surface area contributed by atoms with Crippen LogP contribution in [0.15, 0.2) is 0 Å². The Balaban J connectivity index is 2.41. The number of hydrogen-bond acceptors (Lipinski definition) is 0.